The molecule has 0 saturated heterocycles. The number of carbonyl (C=O) groups excluding carboxylic acids is 3. The molecule has 1 rings (SSSR count). The summed E-state index contributed by atoms with van der Waals surface area (Å²) in [6.45, 7) is 2.39. The van der Waals surface area contributed by atoms with Crippen LogP contribution in [0, 0.1) is 11.8 Å². The summed E-state index contributed by atoms with van der Waals surface area (Å²) in [7, 11) is -4.78. The number of nitrogens with two attached hydrogens (primary N) is 1. The molecule has 1 fully saturated rings. The third-order valence-corrected chi connectivity index (χ3v) is 10.5. The van der Waals surface area contributed by atoms with Crippen LogP contribution >= 0.6 is 7.82 Å². The predicted molar refractivity (Wildman–Crippen MR) is 209 cm³/mol. The number of rotatable bonds is 34. The minimum atomic E-state index is -4.78. The molecule has 0 spiro atoms. The van der Waals surface area contributed by atoms with Gasteiger partial charge in [-0.1, -0.05) is 109 Å². The molecule has 0 aliphatic heterocycles. The Hall–Kier alpha value is -2.45. The number of allylic oxidation sites excluding steroid dienone is 2. The number of Topliss-reactive ketones (excluding diaryl/α,β-unsaturated/α-hetero) is 1. The number of phosphoric acid groups is 1. The summed E-state index contributed by atoms with van der Waals surface area (Å²) in [4.78, 5) is 58.6. The van der Waals surface area contributed by atoms with Crippen LogP contribution in [-0.2, 0) is 42.3 Å². The van der Waals surface area contributed by atoms with E-state index in [0.29, 0.717) is 38.5 Å². The fourth-order valence-corrected chi connectivity index (χ4v) is 7.01. The number of hydrogen-bond donors (Lipinski definition) is 5. The van der Waals surface area contributed by atoms with Crippen molar-refractivity contribution in [1.82, 2.24) is 0 Å². The number of esters is 2. The van der Waals surface area contributed by atoms with Crippen LogP contribution in [0.4, 0.5) is 0 Å². The van der Waals surface area contributed by atoms with Crippen molar-refractivity contribution in [3.05, 3.63) is 24.3 Å². The molecule has 1 aliphatic carbocycles. The monoisotopic (exact) mass is 803 g/mol. The molecule has 55 heavy (non-hydrogen) atoms. The van der Waals surface area contributed by atoms with Crippen LogP contribution < -0.4 is 5.73 Å². The Kier molecular flexibility index (Phi) is 28.2. The number of ketones is 1. The molecule has 0 radical (unpaired) electrons. The number of carboxylic acid groups (broad SMARTS) is 1. The first-order valence-corrected chi connectivity index (χ1v) is 22.0. The summed E-state index contributed by atoms with van der Waals surface area (Å²) in [6.07, 6.45) is 21.6. The Bertz CT molecular complexity index is 1200. The molecule has 14 nitrogen and oxygen atoms in total. The summed E-state index contributed by atoms with van der Waals surface area (Å²) in [6, 6.07) is -1.56. The van der Waals surface area contributed by atoms with Crippen molar-refractivity contribution in [2.24, 2.45) is 17.6 Å². The topological polar surface area (TPSA) is 229 Å². The molecule has 0 heterocycles. The number of ether oxygens (including phenoxy) is 2. The number of aliphatic carboxylic acids is 1. The highest BCUT2D eigenvalue weighted by molar-refractivity contribution is 7.47. The largest absolute Gasteiger partial charge is 0.480 e. The smallest absolute Gasteiger partial charge is 0.472 e. The van der Waals surface area contributed by atoms with Gasteiger partial charge in [0.05, 0.1) is 25.4 Å². The maximum Gasteiger partial charge on any atom is 0.472 e. The van der Waals surface area contributed by atoms with Gasteiger partial charge < -0.3 is 35.4 Å². The van der Waals surface area contributed by atoms with Gasteiger partial charge in [0.15, 0.2) is 6.10 Å². The van der Waals surface area contributed by atoms with Crippen LogP contribution in [0.25, 0.3) is 0 Å². The van der Waals surface area contributed by atoms with Gasteiger partial charge in [-0.05, 0) is 44.9 Å². The van der Waals surface area contributed by atoms with E-state index in [1.807, 2.05) is 0 Å². The van der Waals surface area contributed by atoms with Gasteiger partial charge in [0.1, 0.15) is 18.4 Å². The first-order valence-electron chi connectivity index (χ1n) is 20.5. The molecule has 0 amide bonds. The highest BCUT2D eigenvalue weighted by atomic mass is 31.2. The highest BCUT2D eigenvalue weighted by Gasteiger charge is 2.39. The number of carboxylic acids is 1. The minimum absolute atomic E-state index is 0.0133. The Labute approximate surface area is 328 Å². The number of carbonyl (C=O) groups is 4. The van der Waals surface area contributed by atoms with Crippen LogP contribution in [0.5, 0.6) is 0 Å². The van der Waals surface area contributed by atoms with E-state index in [-0.39, 0.29) is 36.9 Å². The standard InChI is InChI=1S/C40H70NO13P/c1-3-5-7-8-9-10-11-12-13-14-19-23-38(45)51-28-32(29-52-55(49,50)53-30-35(41)40(47)48)54-39(46)24-20-16-15-18-22-33-34(37(44)27-36(33)43)26-25-31(42)21-17-6-4-2/h8-9,25-26,31-35,37,42,44H,3-7,10-24,27-30,41H2,1-2H3,(H,47,48)(H,49,50)/b9-8-,26-25+/t31-,32+,33+,34+,35-,37+/m0/s1. The Morgan fingerprint density at radius 3 is 2.11 bits per heavy atom. The third-order valence-electron chi connectivity index (χ3n) is 9.57. The molecule has 7 atom stereocenters. The maximum atomic E-state index is 12.7. The van der Waals surface area contributed by atoms with Gasteiger partial charge >= 0.3 is 25.7 Å². The van der Waals surface area contributed by atoms with E-state index < -0.39 is 69.9 Å². The summed E-state index contributed by atoms with van der Waals surface area (Å²) >= 11 is 0. The normalized spacial score (nSPS) is 20.1. The summed E-state index contributed by atoms with van der Waals surface area (Å²) in [5.74, 6) is -3.22. The zero-order valence-electron chi connectivity index (χ0n) is 33.2. The molecule has 1 saturated carbocycles. The van der Waals surface area contributed by atoms with Gasteiger partial charge in [0.2, 0.25) is 0 Å². The molecular formula is C40H70NO13P. The van der Waals surface area contributed by atoms with E-state index in [0.717, 1.165) is 64.2 Å². The third kappa shape index (κ3) is 25.4. The van der Waals surface area contributed by atoms with E-state index >= 15 is 0 Å². The molecule has 1 unspecified atom stereocenters. The molecule has 1 aliphatic rings. The molecular weight excluding hydrogens is 733 g/mol. The minimum Gasteiger partial charge on any atom is -0.480 e. The number of unbranched alkanes of at least 4 members (excludes halogenated alkanes) is 12. The van der Waals surface area contributed by atoms with Crippen molar-refractivity contribution >= 4 is 31.5 Å². The number of hydrogen-bond acceptors (Lipinski definition) is 12. The number of aliphatic hydroxyl groups excluding tert-OH is 2. The van der Waals surface area contributed by atoms with Crippen molar-refractivity contribution in [2.45, 2.75) is 173 Å². The summed E-state index contributed by atoms with van der Waals surface area (Å²) < 4.78 is 32.6. The van der Waals surface area contributed by atoms with Crippen molar-refractivity contribution in [3.8, 4) is 0 Å². The Balaban J connectivity index is 2.53. The quantitative estimate of drug-likeness (QED) is 0.0194. The van der Waals surface area contributed by atoms with Crippen LogP contribution in [0.15, 0.2) is 24.3 Å². The van der Waals surface area contributed by atoms with E-state index in [9.17, 15) is 38.8 Å². The van der Waals surface area contributed by atoms with Crippen molar-refractivity contribution < 1.29 is 62.5 Å². The van der Waals surface area contributed by atoms with Gasteiger partial charge in [-0.25, -0.2) is 4.57 Å². The second kappa shape index (κ2) is 30.7. The van der Waals surface area contributed by atoms with Crippen LogP contribution in [0.2, 0.25) is 0 Å². The van der Waals surface area contributed by atoms with Crippen molar-refractivity contribution in [2.75, 3.05) is 19.8 Å². The first kappa shape index (κ1) is 50.6. The van der Waals surface area contributed by atoms with E-state index in [1.54, 1.807) is 12.2 Å². The molecule has 6 N–H and O–H groups in total. The zero-order valence-corrected chi connectivity index (χ0v) is 34.1. The molecule has 318 valence electrons. The molecule has 0 bridgehead atoms. The molecule has 0 aromatic rings. The lowest BCUT2D eigenvalue weighted by atomic mass is 9.88. The van der Waals surface area contributed by atoms with Crippen LogP contribution in [0.3, 0.4) is 0 Å². The van der Waals surface area contributed by atoms with Gasteiger partial charge in [0.25, 0.3) is 0 Å². The molecule has 0 aromatic carbocycles. The summed E-state index contributed by atoms with van der Waals surface area (Å²) in [5.41, 5.74) is 5.31. The first-order chi connectivity index (χ1) is 26.3. The zero-order chi connectivity index (χ0) is 40.9. The van der Waals surface area contributed by atoms with Crippen LogP contribution in [0.1, 0.15) is 149 Å². The summed E-state index contributed by atoms with van der Waals surface area (Å²) in [5, 5.41) is 29.6. The van der Waals surface area contributed by atoms with Crippen molar-refractivity contribution in [3.63, 3.8) is 0 Å². The molecule has 0 aromatic heterocycles. The van der Waals surface area contributed by atoms with Gasteiger partial charge in [0, 0.05) is 31.1 Å². The van der Waals surface area contributed by atoms with E-state index in [2.05, 4.69) is 30.5 Å². The van der Waals surface area contributed by atoms with Crippen molar-refractivity contribution in [1.29, 1.82) is 0 Å². The lowest BCUT2D eigenvalue weighted by Gasteiger charge is -2.20. The van der Waals surface area contributed by atoms with E-state index in [4.69, 9.17) is 24.8 Å². The fourth-order valence-electron chi connectivity index (χ4n) is 6.23. The lowest BCUT2D eigenvalue weighted by Crippen LogP contribution is -2.34. The van der Waals surface area contributed by atoms with Gasteiger partial charge in [-0.2, -0.15) is 0 Å². The Morgan fingerprint density at radius 2 is 1.44 bits per heavy atom. The average molecular weight is 804 g/mol. The van der Waals surface area contributed by atoms with Gasteiger partial charge in [-0.15, -0.1) is 0 Å². The molecule has 15 heteroatoms. The van der Waals surface area contributed by atoms with Crippen LogP contribution in [-0.4, -0.2) is 88.1 Å². The second-order valence-corrected chi connectivity index (χ2v) is 16.0. The van der Waals surface area contributed by atoms with Gasteiger partial charge in [-0.3, -0.25) is 28.2 Å². The maximum absolute atomic E-state index is 12.7. The SMILES string of the molecule is CCCC/C=C\CCCCCCCC(=O)OC[C@H](COP(=O)(O)OC[C@H](N)C(=O)O)OC(=O)CCCCCC[C@H]1C(=O)C[C@@H](O)[C@@H]1/C=C/[C@@H](O)CCCCC. The second-order valence-electron chi connectivity index (χ2n) is 14.5. The number of phosphoric ester groups is 1. The predicted octanol–water partition coefficient (Wildman–Crippen LogP) is 6.87. The average Bonchev–Trinajstić information content (AvgIpc) is 3.41. The lowest BCUT2D eigenvalue weighted by molar-refractivity contribution is -0.161. The van der Waals surface area contributed by atoms with E-state index in [1.165, 1.54) is 12.8 Å². The fraction of sp³-hybridized carbons (Fsp3) is 0.800. The number of aliphatic hydroxyl groups is 2. The Morgan fingerprint density at radius 1 is 0.836 bits per heavy atom. The highest BCUT2D eigenvalue weighted by Crippen LogP contribution is 2.43.